The van der Waals surface area contributed by atoms with E-state index in [1.807, 2.05) is 34.6 Å². The van der Waals surface area contributed by atoms with Crippen molar-refractivity contribution < 1.29 is 42.9 Å². The number of hydrogen-bond acceptors (Lipinski definition) is 11. The van der Waals surface area contributed by atoms with Crippen LogP contribution in [-0.4, -0.2) is 49.4 Å². The number of primary amides is 1. The van der Waals surface area contributed by atoms with E-state index in [1.54, 1.807) is 0 Å². The second-order valence-electron chi connectivity index (χ2n) is 21.5. The van der Waals surface area contributed by atoms with Crippen LogP contribution in [0.2, 0.25) is 0 Å². The van der Waals surface area contributed by atoms with E-state index in [1.165, 1.54) is 50.1 Å². The van der Waals surface area contributed by atoms with Gasteiger partial charge in [-0.15, -0.1) is 0 Å². The molecule has 1 aliphatic rings. The smallest absolute Gasteiger partial charge is 0.442 e. The lowest BCUT2D eigenvalue weighted by atomic mass is 9.82. The Morgan fingerprint density at radius 3 is 1.56 bits per heavy atom. The van der Waals surface area contributed by atoms with Crippen LogP contribution in [0.15, 0.2) is 109 Å². The number of carbonyl (C=O) groups is 4. The summed E-state index contributed by atoms with van der Waals surface area (Å²) < 4.78 is 26.7. The van der Waals surface area contributed by atoms with Crippen molar-refractivity contribution in [1.29, 1.82) is 0 Å². The average Bonchev–Trinajstić information content (AvgIpc) is 3.58. The number of benzene rings is 6. The first-order valence-electron chi connectivity index (χ1n) is 27.9. The Morgan fingerprint density at radius 2 is 1.09 bits per heavy atom. The van der Waals surface area contributed by atoms with Gasteiger partial charge in [0.2, 0.25) is 0 Å². The van der Waals surface area contributed by atoms with Crippen molar-refractivity contribution in [3.63, 3.8) is 0 Å². The number of hydrogen-bond donors (Lipinski definition) is 4. The molecule has 6 aromatic rings. The molecule has 0 bridgehead atoms. The van der Waals surface area contributed by atoms with E-state index in [-0.39, 0.29) is 50.1 Å². The highest BCUT2D eigenvalue weighted by Gasteiger charge is 2.30. The summed E-state index contributed by atoms with van der Waals surface area (Å²) in [7, 11) is 0. The van der Waals surface area contributed by atoms with Crippen LogP contribution in [0.25, 0.3) is 10.8 Å². The van der Waals surface area contributed by atoms with Crippen molar-refractivity contribution in [2.45, 2.75) is 160 Å². The van der Waals surface area contributed by atoms with E-state index < -0.39 is 23.4 Å². The summed E-state index contributed by atoms with van der Waals surface area (Å²) in [6.07, 6.45) is 2.22. The third kappa shape index (κ3) is 19.5. The van der Waals surface area contributed by atoms with Crippen LogP contribution in [0.5, 0.6) is 0 Å². The first kappa shape index (κ1) is 64.1. The molecule has 5 N–H and O–H groups in total. The number of aryl methyl sites for hydroxylation is 6. The quantitative estimate of drug-likeness (QED) is 0.0280. The molecule has 12 nitrogen and oxygen atoms in total. The Kier molecular flexibility index (Phi) is 25.4. The summed E-state index contributed by atoms with van der Waals surface area (Å²) in [5.74, 6) is -0.548. The Hall–Kier alpha value is -7.41. The summed E-state index contributed by atoms with van der Waals surface area (Å²) >= 11 is 0. The molecular formula is C66H87FN4O8. The molecule has 1 amide bonds. The van der Waals surface area contributed by atoms with Crippen LogP contribution in [0, 0.1) is 52.9 Å². The van der Waals surface area contributed by atoms with Gasteiger partial charge in [-0.1, -0.05) is 138 Å². The van der Waals surface area contributed by atoms with Gasteiger partial charge in [-0.05, 0) is 162 Å². The lowest BCUT2D eigenvalue weighted by Gasteiger charge is -2.33. The number of ether oxygens (including phenoxy) is 3. The highest BCUT2D eigenvalue weighted by atomic mass is 19.3. The minimum absolute atomic E-state index is 0.0250. The van der Waals surface area contributed by atoms with Gasteiger partial charge < -0.3 is 35.9 Å². The van der Waals surface area contributed by atoms with Gasteiger partial charge in [-0.3, -0.25) is 14.4 Å². The van der Waals surface area contributed by atoms with E-state index in [9.17, 15) is 18.9 Å². The second-order valence-corrected chi connectivity index (χ2v) is 21.5. The summed E-state index contributed by atoms with van der Waals surface area (Å²) in [6, 6.07) is 39.4. The maximum absolute atomic E-state index is 13.2. The number of nitrogens with one attached hydrogen (secondary N) is 3. The van der Waals surface area contributed by atoms with Gasteiger partial charge in [0.15, 0.2) is 0 Å². The zero-order valence-electron chi connectivity index (χ0n) is 49.3. The third-order valence-corrected chi connectivity index (χ3v) is 13.6. The topological polar surface area (TPSA) is 167 Å². The minimum Gasteiger partial charge on any atom is -0.462 e. The van der Waals surface area contributed by atoms with E-state index in [0.717, 1.165) is 70.8 Å². The molecule has 426 valence electrons. The van der Waals surface area contributed by atoms with E-state index in [0.29, 0.717) is 6.42 Å². The summed E-state index contributed by atoms with van der Waals surface area (Å²) in [5.41, 5.74) is 19.7. The lowest BCUT2D eigenvalue weighted by Crippen LogP contribution is -2.39. The van der Waals surface area contributed by atoms with Gasteiger partial charge in [0.1, 0.15) is 19.3 Å². The van der Waals surface area contributed by atoms with Crippen molar-refractivity contribution in [2.75, 3.05) is 29.2 Å². The molecule has 1 aliphatic carbocycles. The number of carbonyl (C=O) groups excluding carboxylic acids is 4. The van der Waals surface area contributed by atoms with E-state index in [2.05, 4.69) is 198 Å². The predicted octanol–water partition coefficient (Wildman–Crippen LogP) is 16.6. The lowest BCUT2D eigenvalue weighted by molar-refractivity contribution is -0.160. The van der Waals surface area contributed by atoms with Crippen LogP contribution in [0.4, 0.5) is 37.8 Å². The van der Waals surface area contributed by atoms with Gasteiger partial charge in [-0.2, -0.15) is 0 Å². The molecule has 0 aliphatic heterocycles. The molecule has 1 saturated carbocycles. The van der Waals surface area contributed by atoms with Crippen molar-refractivity contribution in [3.8, 4) is 0 Å². The van der Waals surface area contributed by atoms with E-state index >= 15 is 0 Å². The molecule has 79 heavy (non-hydrogen) atoms. The molecule has 0 saturated heterocycles. The Bertz CT molecular complexity index is 2780. The molecule has 6 aromatic carbocycles. The fraction of sp³-hybridized carbons (Fsp3) is 0.424. The SMILES string of the molecule is CC.CC(C)C.CCC(C)(C)C(=O)OCCOC(=O)CCC(=O)OC1CCCCC1Nc1ccc(C(c2ccc(Nc3c(C)cc(C)cc3C)cc2)c2ccc(Nc3c(C)cc(C)cc3C)cc2)c2ccccc12.NC(=O)OF. The number of rotatable bonds is 18. The van der Waals surface area contributed by atoms with Crippen LogP contribution in [0.1, 0.15) is 156 Å². The minimum atomic E-state index is -1.41. The molecule has 2 atom stereocenters. The number of fused-ring (bicyclic) bond motifs is 1. The summed E-state index contributed by atoms with van der Waals surface area (Å²) in [4.78, 5) is 49.2. The highest BCUT2D eigenvalue weighted by molar-refractivity contribution is 5.97. The first-order valence-corrected chi connectivity index (χ1v) is 27.9. The zero-order valence-corrected chi connectivity index (χ0v) is 49.3. The number of esters is 3. The first-order chi connectivity index (χ1) is 37.6. The molecular weight excluding hydrogens is 996 g/mol. The maximum Gasteiger partial charge on any atom is 0.442 e. The Balaban J connectivity index is 0.00000112. The van der Waals surface area contributed by atoms with Gasteiger partial charge >= 0.3 is 24.0 Å². The molecule has 2 unspecified atom stereocenters. The second kappa shape index (κ2) is 31.3. The number of nitrogens with two attached hydrogens (primary N) is 1. The predicted molar refractivity (Wildman–Crippen MR) is 320 cm³/mol. The normalized spacial score (nSPS) is 13.8. The van der Waals surface area contributed by atoms with Gasteiger partial charge in [0.25, 0.3) is 0 Å². The number of anilines is 5. The zero-order chi connectivity index (χ0) is 58.4. The average molecular weight is 1080 g/mol. The van der Waals surface area contributed by atoms with Crippen LogP contribution in [0.3, 0.4) is 0 Å². The van der Waals surface area contributed by atoms with E-state index in [4.69, 9.17) is 19.0 Å². The van der Waals surface area contributed by atoms with Crippen LogP contribution in [-0.2, 0) is 33.5 Å². The maximum atomic E-state index is 13.2. The van der Waals surface area contributed by atoms with Crippen molar-refractivity contribution in [3.05, 3.63) is 159 Å². The van der Waals surface area contributed by atoms with Crippen molar-refractivity contribution in [2.24, 2.45) is 17.1 Å². The molecule has 0 spiro atoms. The fourth-order valence-electron chi connectivity index (χ4n) is 9.55. The number of halogens is 1. The Morgan fingerprint density at radius 1 is 0.646 bits per heavy atom. The van der Waals surface area contributed by atoms with Crippen molar-refractivity contribution in [1.82, 2.24) is 0 Å². The molecule has 1 fully saturated rings. The van der Waals surface area contributed by atoms with Crippen molar-refractivity contribution >= 4 is 63.2 Å². The monoisotopic (exact) mass is 1080 g/mol. The third-order valence-electron chi connectivity index (χ3n) is 13.6. The fourth-order valence-corrected chi connectivity index (χ4v) is 9.55. The standard InChI is InChI=1S/C59H69N3O6.C4H10.C2H6.CH2FNO2/c1-10-59(8,9)58(65)67-32-31-66-53(63)29-30-54(64)68-52-18-14-13-17-51(52)62-50-28-27-49(47-15-11-12-16-48(47)50)55(43-19-23-45(24-20-43)60-56-39(4)33-37(2)34-40(56)5)44-21-25-46(26-22-44)61-57-41(6)35-38(3)36-42(57)7;1-4(2)3;1-2;2-5-1(3)4/h11-12,15-16,19-28,33-36,51-52,55,60-62H,10,13-14,17-18,29-32H2,1-9H3;4H,1-3H3;1-2H3;(H2,3,4). The molecule has 13 heteroatoms. The highest BCUT2D eigenvalue weighted by Crippen LogP contribution is 2.41. The summed E-state index contributed by atoms with van der Waals surface area (Å²) in [5, 5.41) is 13.4. The van der Waals surface area contributed by atoms with Gasteiger partial charge in [0.05, 0.1) is 24.3 Å². The molecule has 0 radical (unpaired) electrons. The summed E-state index contributed by atoms with van der Waals surface area (Å²) in [6.45, 7) is 28.8. The largest absolute Gasteiger partial charge is 0.462 e. The van der Waals surface area contributed by atoms with Crippen LogP contribution >= 0.6 is 0 Å². The van der Waals surface area contributed by atoms with Gasteiger partial charge in [-0.25, -0.2) is 9.74 Å². The molecule has 0 aromatic heterocycles. The molecule has 0 heterocycles. The Labute approximate surface area is 469 Å². The number of amides is 1. The van der Waals surface area contributed by atoms with Crippen LogP contribution < -0.4 is 21.7 Å². The van der Waals surface area contributed by atoms with Gasteiger partial charge in [0, 0.05) is 44.3 Å². The molecule has 7 rings (SSSR count).